The zero-order valence-electron chi connectivity index (χ0n) is 8.38. The summed E-state index contributed by atoms with van der Waals surface area (Å²) in [6.07, 6.45) is 3.89. The highest BCUT2D eigenvalue weighted by atomic mass is 16.3. The first-order valence-corrected chi connectivity index (χ1v) is 5.20. The maximum Gasteiger partial charge on any atom is 0.0624 e. The van der Waals surface area contributed by atoms with E-state index < -0.39 is 0 Å². The molecule has 0 radical (unpaired) electrons. The lowest BCUT2D eigenvalue weighted by Crippen LogP contribution is -2.30. The SMILES string of the molecule is C[C@H]1CC[C@H]2CC(C)(C)[C@H](O)[C@H]21. The molecule has 0 amide bonds. The van der Waals surface area contributed by atoms with Gasteiger partial charge in [0.15, 0.2) is 0 Å². The minimum absolute atomic E-state index is 0.0417. The van der Waals surface area contributed by atoms with Gasteiger partial charge in [-0.1, -0.05) is 27.2 Å². The first-order valence-electron chi connectivity index (χ1n) is 5.20. The van der Waals surface area contributed by atoms with E-state index in [0.717, 1.165) is 11.8 Å². The van der Waals surface area contributed by atoms with Crippen LogP contribution in [0.5, 0.6) is 0 Å². The molecule has 2 fully saturated rings. The summed E-state index contributed by atoms with van der Waals surface area (Å²) in [5.41, 5.74) is 0.185. The molecule has 0 spiro atoms. The smallest absolute Gasteiger partial charge is 0.0624 e. The minimum Gasteiger partial charge on any atom is -0.392 e. The molecule has 2 aliphatic rings. The second-order valence-electron chi connectivity index (χ2n) is 5.53. The third-order valence-electron chi connectivity index (χ3n) is 4.15. The summed E-state index contributed by atoms with van der Waals surface area (Å²) < 4.78 is 0. The van der Waals surface area contributed by atoms with Crippen molar-refractivity contribution in [2.45, 2.75) is 46.1 Å². The molecule has 1 nitrogen and oxygen atoms in total. The molecule has 1 N–H and O–H groups in total. The lowest BCUT2D eigenvalue weighted by Gasteiger charge is -2.27. The van der Waals surface area contributed by atoms with Crippen LogP contribution in [0.4, 0.5) is 0 Å². The highest BCUT2D eigenvalue weighted by Crippen LogP contribution is 2.54. The van der Waals surface area contributed by atoms with Crippen molar-refractivity contribution in [3.05, 3.63) is 0 Å². The van der Waals surface area contributed by atoms with E-state index in [2.05, 4.69) is 20.8 Å². The molecule has 2 aliphatic carbocycles. The van der Waals surface area contributed by atoms with Crippen LogP contribution in [0.3, 0.4) is 0 Å². The topological polar surface area (TPSA) is 20.2 Å². The molecule has 0 unspecified atom stereocenters. The van der Waals surface area contributed by atoms with E-state index in [4.69, 9.17) is 0 Å². The quantitative estimate of drug-likeness (QED) is 0.589. The summed E-state index contributed by atoms with van der Waals surface area (Å²) >= 11 is 0. The average Bonchev–Trinajstić information content (AvgIpc) is 2.38. The molecule has 4 atom stereocenters. The van der Waals surface area contributed by atoms with Gasteiger partial charge < -0.3 is 5.11 Å². The monoisotopic (exact) mass is 168 g/mol. The minimum atomic E-state index is -0.0417. The summed E-state index contributed by atoms with van der Waals surface area (Å²) in [6, 6.07) is 0. The Hall–Kier alpha value is -0.0400. The summed E-state index contributed by atoms with van der Waals surface area (Å²) in [6.45, 7) is 6.72. The molecule has 0 heterocycles. The number of aliphatic hydroxyl groups excluding tert-OH is 1. The normalized spacial score (nSPS) is 51.0. The Balaban J connectivity index is 2.20. The zero-order chi connectivity index (χ0) is 8.93. The van der Waals surface area contributed by atoms with E-state index in [0.29, 0.717) is 5.92 Å². The van der Waals surface area contributed by atoms with Crippen LogP contribution in [-0.2, 0) is 0 Å². The van der Waals surface area contributed by atoms with E-state index in [9.17, 15) is 5.11 Å². The predicted octanol–water partition coefficient (Wildman–Crippen LogP) is 2.44. The van der Waals surface area contributed by atoms with Crippen molar-refractivity contribution < 1.29 is 5.11 Å². The Labute approximate surface area is 75.2 Å². The van der Waals surface area contributed by atoms with Crippen molar-refractivity contribution in [1.29, 1.82) is 0 Å². The van der Waals surface area contributed by atoms with Crippen LogP contribution in [0, 0.1) is 23.2 Å². The van der Waals surface area contributed by atoms with Gasteiger partial charge in [0.2, 0.25) is 0 Å². The molecule has 2 rings (SSSR count). The number of aliphatic hydroxyl groups is 1. The van der Waals surface area contributed by atoms with Crippen molar-refractivity contribution in [3.63, 3.8) is 0 Å². The Bertz CT molecular complexity index is 185. The summed E-state index contributed by atoms with van der Waals surface area (Å²) in [5, 5.41) is 10.1. The van der Waals surface area contributed by atoms with Gasteiger partial charge in [-0.15, -0.1) is 0 Å². The molecule has 1 heteroatoms. The molecule has 2 saturated carbocycles. The van der Waals surface area contributed by atoms with Crippen LogP contribution in [0.1, 0.15) is 40.0 Å². The highest BCUT2D eigenvalue weighted by Gasteiger charge is 2.51. The predicted molar refractivity (Wildman–Crippen MR) is 49.8 cm³/mol. The van der Waals surface area contributed by atoms with Crippen LogP contribution in [0.15, 0.2) is 0 Å². The fourth-order valence-electron chi connectivity index (χ4n) is 3.45. The van der Waals surface area contributed by atoms with Crippen LogP contribution < -0.4 is 0 Å². The van der Waals surface area contributed by atoms with Gasteiger partial charge in [-0.25, -0.2) is 0 Å². The van der Waals surface area contributed by atoms with Crippen LogP contribution in [0.25, 0.3) is 0 Å². The Morgan fingerprint density at radius 1 is 1.25 bits per heavy atom. The van der Waals surface area contributed by atoms with E-state index in [1.54, 1.807) is 0 Å². The van der Waals surface area contributed by atoms with Crippen LogP contribution >= 0.6 is 0 Å². The molecule has 70 valence electrons. The molecule has 0 aliphatic heterocycles. The molecule has 0 aromatic rings. The van der Waals surface area contributed by atoms with Crippen molar-refractivity contribution in [2.75, 3.05) is 0 Å². The van der Waals surface area contributed by atoms with Gasteiger partial charge in [-0.05, 0) is 36.0 Å². The maximum atomic E-state index is 10.1. The van der Waals surface area contributed by atoms with Crippen molar-refractivity contribution in [1.82, 2.24) is 0 Å². The third kappa shape index (κ3) is 1.02. The second kappa shape index (κ2) is 2.47. The third-order valence-corrected chi connectivity index (χ3v) is 4.15. The van der Waals surface area contributed by atoms with E-state index in [-0.39, 0.29) is 11.5 Å². The maximum absolute atomic E-state index is 10.1. The van der Waals surface area contributed by atoms with Crippen LogP contribution in [-0.4, -0.2) is 11.2 Å². The molecule has 0 bridgehead atoms. The largest absolute Gasteiger partial charge is 0.392 e. The summed E-state index contributed by atoms with van der Waals surface area (Å²) in [4.78, 5) is 0. The molecular formula is C11H20O. The summed E-state index contributed by atoms with van der Waals surface area (Å²) in [5.74, 6) is 2.19. The van der Waals surface area contributed by atoms with E-state index in [1.807, 2.05) is 0 Å². The Morgan fingerprint density at radius 2 is 1.92 bits per heavy atom. The molecule has 0 saturated heterocycles. The average molecular weight is 168 g/mol. The fraction of sp³-hybridized carbons (Fsp3) is 1.00. The molecule has 0 aromatic heterocycles. The van der Waals surface area contributed by atoms with Crippen molar-refractivity contribution in [3.8, 4) is 0 Å². The van der Waals surface area contributed by atoms with Crippen molar-refractivity contribution >= 4 is 0 Å². The number of rotatable bonds is 0. The zero-order valence-corrected chi connectivity index (χ0v) is 8.38. The Kier molecular flexibility index (Phi) is 1.76. The number of hydrogen-bond donors (Lipinski definition) is 1. The van der Waals surface area contributed by atoms with Gasteiger partial charge >= 0.3 is 0 Å². The van der Waals surface area contributed by atoms with Gasteiger partial charge in [0, 0.05) is 0 Å². The standard InChI is InChI=1S/C11H20O/c1-7-4-5-8-6-11(2,3)10(12)9(7)8/h7-10,12H,4-6H2,1-3H3/t7-,8-,9-,10+/m0/s1. The van der Waals surface area contributed by atoms with Gasteiger partial charge in [-0.3, -0.25) is 0 Å². The number of hydrogen-bond acceptors (Lipinski definition) is 1. The van der Waals surface area contributed by atoms with Gasteiger partial charge in [0.05, 0.1) is 6.10 Å². The number of fused-ring (bicyclic) bond motifs is 1. The van der Waals surface area contributed by atoms with Gasteiger partial charge in [0.25, 0.3) is 0 Å². The van der Waals surface area contributed by atoms with E-state index in [1.165, 1.54) is 19.3 Å². The summed E-state index contributed by atoms with van der Waals surface area (Å²) in [7, 11) is 0. The van der Waals surface area contributed by atoms with Crippen molar-refractivity contribution in [2.24, 2.45) is 23.2 Å². The second-order valence-corrected chi connectivity index (χ2v) is 5.53. The van der Waals surface area contributed by atoms with Crippen LogP contribution in [0.2, 0.25) is 0 Å². The molecule has 0 aromatic carbocycles. The molecular weight excluding hydrogens is 148 g/mol. The van der Waals surface area contributed by atoms with Gasteiger partial charge in [0.1, 0.15) is 0 Å². The molecule has 12 heavy (non-hydrogen) atoms. The van der Waals surface area contributed by atoms with Gasteiger partial charge in [-0.2, -0.15) is 0 Å². The fourth-order valence-corrected chi connectivity index (χ4v) is 3.45. The Morgan fingerprint density at radius 3 is 2.50 bits per heavy atom. The first-order chi connectivity index (χ1) is 5.52. The lowest BCUT2D eigenvalue weighted by molar-refractivity contribution is 0.0308. The first kappa shape index (κ1) is 8.55. The lowest BCUT2D eigenvalue weighted by atomic mass is 9.83. The highest BCUT2D eigenvalue weighted by molar-refractivity contribution is 5.01. The van der Waals surface area contributed by atoms with E-state index >= 15 is 0 Å².